The van der Waals surface area contributed by atoms with E-state index in [1.54, 1.807) is 18.2 Å². The zero-order valence-corrected chi connectivity index (χ0v) is 11.6. The molecule has 0 aliphatic carbocycles. The minimum atomic E-state index is -1.38. The third-order valence-electron chi connectivity index (χ3n) is 2.46. The first-order valence-corrected chi connectivity index (χ1v) is 6.76. The molecule has 7 heteroatoms. The van der Waals surface area contributed by atoms with Crippen LogP contribution in [0.2, 0.25) is 0 Å². The van der Waals surface area contributed by atoms with Crippen molar-refractivity contribution < 1.29 is 19.8 Å². The van der Waals surface area contributed by atoms with Crippen molar-refractivity contribution in [1.82, 2.24) is 5.32 Å². The number of amides is 1. The number of aliphatic carboxylic acids is 1. The van der Waals surface area contributed by atoms with Crippen molar-refractivity contribution in [2.45, 2.75) is 24.0 Å². The largest absolute Gasteiger partial charge is 0.480 e. The van der Waals surface area contributed by atoms with Crippen molar-refractivity contribution in [3.05, 3.63) is 29.8 Å². The molecule has 0 bridgehead atoms. The monoisotopic (exact) mass is 294 g/mol. The van der Waals surface area contributed by atoms with Crippen LogP contribution in [-0.4, -0.2) is 40.0 Å². The average Bonchev–Trinajstić information content (AvgIpc) is 2.41. The zero-order chi connectivity index (χ0) is 15.1. The lowest BCUT2D eigenvalue weighted by atomic mass is 10.1. The maximum atomic E-state index is 12.1. The van der Waals surface area contributed by atoms with Gasteiger partial charge in [0.2, 0.25) is 0 Å². The van der Waals surface area contributed by atoms with Gasteiger partial charge in [-0.25, -0.2) is 4.79 Å². The van der Waals surface area contributed by atoms with Crippen LogP contribution >= 0.6 is 11.8 Å². The second-order valence-electron chi connectivity index (χ2n) is 3.97. The predicted octanol–water partition coefficient (Wildman–Crippen LogP) is 0.866. The number of carboxylic acids is 1. The standard InChI is InChI=1S/C13H14N2O4S/c1-8(16)11(13(18)19)15-12(17)9-4-2-3-5-10(9)20-7-6-14/h2-5,8,11,16H,7H2,1H3,(H,15,17)(H,18,19). The number of hydrogen-bond acceptors (Lipinski definition) is 5. The molecule has 2 atom stereocenters. The van der Waals surface area contributed by atoms with Crippen LogP contribution in [0.25, 0.3) is 0 Å². The highest BCUT2D eigenvalue weighted by atomic mass is 32.2. The molecule has 1 aromatic rings. The van der Waals surface area contributed by atoms with Crippen LogP contribution in [0.4, 0.5) is 0 Å². The molecule has 0 heterocycles. The number of rotatable bonds is 6. The summed E-state index contributed by atoms with van der Waals surface area (Å²) in [6.45, 7) is 1.29. The summed E-state index contributed by atoms with van der Waals surface area (Å²) < 4.78 is 0. The first-order valence-electron chi connectivity index (χ1n) is 5.78. The number of benzene rings is 1. The van der Waals surface area contributed by atoms with Gasteiger partial charge in [0.25, 0.3) is 5.91 Å². The first-order chi connectivity index (χ1) is 9.47. The molecule has 6 nitrogen and oxygen atoms in total. The topological polar surface area (TPSA) is 110 Å². The molecule has 20 heavy (non-hydrogen) atoms. The summed E-state index contributed by atoms with van der Waals surface area (Å²) >= 11 is 1.19. The van der Waals surface area contributed by atoms with Gasteiger partial charge in [-0.3, -0.25) is 4.79 Å². The average molecular weight is 294 g/mol. The lowest BCUT2D eigenvalue weighted by molar-refractivity contribution is -0.141. The van der Waals surface area contributed by atoms with E-state index in [-0.39, 0.29) is 11.3 Å². The van der Waals surface area contributed by atoms with Gasteiger partial charge in [0, 0.05) is 4.90 Å². The molecule has 0 aromatic heterocycles. The normalized spacial score (nSPS) is 13.1. The van der Waals surface area contributed by atoms with Crippen LogP contribution in [0.15, 0.2) is 29.2 Å². The summed E-state index contributed by atoms with van der Waals surface area (Å²) in [4.78, 5) is 23.6. The van der Waals surface area contributed by atoms with E-state index in [0.29, 0.717) is 4.90 Å². The number of nitriles is 1. The van der Waals surface area contributed by atoms with Gasteiger partial charge < -0.3 is 15.5 Å². The molecule has 2 unspecified atom stereocenters. The Balaban J connectivity index is 2.92. The van der Waals surface area contributed by atoms with Crippen molar-refractivity contribution in [3.63, 3.8) is 0 Å². The van der Waals surface area contributed by atoms with E-state index in [0.717, 1.165) is 0 Å². The fraction of sp³-hybridized carbons (Fsp3) is 0.308. The fourth-order valence-electron chi connectivity index (χ4n) is 1.50. The second kappa shape index (κ2) is 7.53. The Labute approximate surface area is 120 Å². The van der Waals surface area contributed by atoms with Crippen LogP contribution in [0.3, 0.4) is 0 Å². The minimum absolute atomic E-state index is 0.184. The van der Waals surface area contributed by atoms with E-state index in [4.69, 9.17) is 10.4 Å². The van der Waals surface area contributed by atoms with Gasteiger partial charge in [-0.2, -0.15) is 5.26 Å². The van der Waals surface area contributed by atoms with Gasteiger partial charge >= 0.3 is 5.97 Å². The molecule has 3 N–H and O–H groups in total. The summed E-state index contributed by atoms with van der Waals surface area (Å²) in [5, 5.41) is 29.1. The maximum Gasteiger partial charge on any atom is 0.328 e. The third kappa shape index (κ3) is 4.26. The maximum absolute atomic E-state index is 12.1. The Hall–Kier alpha value is -2.04. The Morgan fingerprint density at radius 1 is 1.45 bits per heavy atom. The highest BCUT2D eigenvalue weighted by Crippen LogP contribution is 2.22. The van der Waals surface area contributed by atoms with Gasteiger partial charge in [-0.1, -0.05) is 12.1 Å². The van der Waals surface area contributed by atoms with Gasteiger partial charge in [0.05, 0.1) is 23.5 Å². The second-order valence-corrected chi connectivity index (χ2v) is 4.99. The number of carbonyl (C=O) groups is 2. The SMILES string of the molecule is CC(O)C(NC(=O)c1ccccc1SCC#N)C(=O)O. The number of thioether (sulfide) groups is 1. The summed E-state index contributed by atoms with van der Waals surface area (Å²) in [5.41, 5.74) is 0.277. The number of aliphatic hydroxyl groups is 1. The summed E-state index contributed by atoms with van der Waals surface area (Å²) in [6.07, 6.45) is -1.21. The lowest BCUT2D eigenvalue weighted by Gasteiger charge is -2.17. The summed E-state index contributed by atoms with van der Waals surface area (Å²) in [7, 11) is 0. The molecule has 0 radical (unpaired) electrons. The van der Waals surface area contributed by atoms with Gasteiger partial charge in [-0.05, 0) is 19.1 Å². The molecule has 1 amide bonds. The van der Waals surface area contributed by atoms with Crippen LogP contribution in [-0.2, 0) is 4.79 Å². The van der Waals surface area contributed by atoms with E-state index >= 15 is 0 Å². The van der Waals surface area contributed by atoms with Crippen LogP contribution < -0.4 is 5.32 Å². The number of aliphatic hydroxyl groups excluding tert-OH is 1. The molecule has 0 fully saturated rings. The van der Waals surface area contributed by atoms with Crippen LogP contribution in [0.1, 0.15) is 17.3 Å². The molecular formula is C13H14N2O4S. The van der Waals surface area contributed by atoms with Crippen molar-refractivity contribution in [3.8, 4) is 6.07 Å². The summed E-state index contributed by atoms with van der Waals surface area (Å²) in [5.74, 6) is -1.72. The lowest BCUT2D eigenvalue weighted by Crippen LogP contribution is -2.47. The number of carbonyl (C=O) groups excluding carboxylic acids is 1. The smallest absolute Gasteiger partial charge is 0.328 e. The number of hydrogen-bond donors (Lipinski definition) is 3. The quantitative estimate of drug-likeness (QED) is 0.671. The van der Waals surface area contributed by atoms with Crippen molar-refractivity contribution in [1.29, 1.82) is 5.26 Å². The molecule has 0 aliphatic heterocycles. The molecule has 0 saturated carbocycles. The number of nitrogens with one attached hydrogen (secondary N) is 1. The molecule has 0 saturated heterocycles. The third-order valence-corrected chi connectivity index (χ3v) is 3.40. The first kappa shape index (κ1) is 16.0. The van der Waals surface area contributed by atoms with E-state index in [2.05, 4.69) is 5.32 Å². The van der Waals surface area contributed by atoms with Gasteiger partial charge in [0.15, 0.2) is 6.04 Å². The Morgan fingerprint density at radius 3 is 2.65 bits per heavy atom. The summed E-state index contributed by atoms with van der Waals surface area (Å²) in [6, 6.07) is 7.16. The minimum Gasteiger partial charge on any atom is -0.480 e. The number of carboxylic acid groups (broad SMARTS) is 1. The zero-order valence-electron chi connectivity index (χ0n) is 10.7. The molecule has 0 aliphatic rings. The molecule has 1 aromatic carbocycles. The van der Waals surface area contributed by atoms with Gasteiger partial charge in [0.1, 0.15) is 0 Å². The van der Waals surface area contributed by atoms with Gasteiger partial charge in [-0.15, -0.1) is 11.8 Å². The van der Waals surface area contributed by atoms with E-state index < -0.39 is 24.0 Å². The van der Waals surface area contributed by atoms with E-state index in [1.807, 2.05) is 6.07 Å². The van der Waals surface area contributed by atoms with Crippen molar-refractivity contribution in [2.75, 3.05) is 5.75 Å². The van der Waals surface area contributed by atoms with Crippen LogP contribution in [0.5, 0.6) is 0 Å². The number of nitrogens with zero attached hydrogens (tertiary/aromatic N) is 1. The Bertz CT molecular complexity index is 539. The highest BCUT2D eigenvalue weighted by molar-refractivity contribution is 7.99. The fourth-order valence-corrected chi connectivity index (χ4v) is 2.21. The Morgan fingerprint density at radius 2 is 2.10 bits per heavy atom. The predicted molar refractivity (Wildman–Crippen MR) is 73.3 cm³/mol. The Kier molecular flexibility index (Phi) is 6.03. The van der Waals surface area contributed by atoms with Crippen molar-refractivity contribution >= 4 is 23.6 Å². The van der Waals surface area contributed by atoms with E-state index in [1.165, 1.54) is 24.8 Å². The highest BCUT2D eigenvalue weighted by Gasteiger charge is 2.26. The van der Waals surface area contributed by atoms with Crippen LogP contribution in [0, 0.1) is 11.3 Å². The molecule has 106 valence electrons. The molecular weight excluding hydrogens is 280 g/mol. The van der Waals surface area contributed by atoms with E-state index in [9.17, 15) is 14.7 Å². The molecule has 1 rings (SSSR count). The molecule has 0 spiro atoms. The van der Waals surface area contributed by atoms with Crippen molar-refractivity contribution in [2.24, 2.45) is 0 Å².